The molecule has 0 saturated carbocycles. The lowest BCUT2D eigenvalue weighted by Gasteiger charge is -2.13. The Morgan fingerprint density at radius 2 is 0.950 bits per heavy atom. The van der Waals surface area contributed by atoms with E-state index in [1.165, 1.54) is 27.4 Å². The minimum atomic E-state index is 0.560. The highest BCUT2D eigenvalue weighted by atomic mass is 16.3. The number of benzene rings is 8. The molecule has 12 aromatic rings. The van der Waals surface area contributed by atoms with Crippen LogP contribution in [-0.4, -0.2) is 24.5 Å². The molecule has 6 heteroatoms. The van der Waals surface area contributed by atoms with Gasteiger partial charge in [0.1, 0.15) is 5.58 Å². The Labute approximate surface area is 344 Å². The molecule has 4 aromatic heterocycles. The molecule has 0 amide bonds. The predicted octanol–water partition coefficient (Wildman–Crippen LogP) is 13.8. The fourth-order valence-corrected chi connectivity index (χ4v) is 8.64. The molecule has 0 radical (unpaired) electrons. The van der Waals surface area contributed by atoms with E-state index < -0.39 is 0 Å². The molecule has 0 spiro atoms. The first-order valence-corrected chi connectivity index (χ1v) is 20.0. The highest BCUT2D eigenvalue weighted by Crippen LogP contribution is 2.37. The van der Waals surface area contributed by atoms with Gasteiger partial charge >= 0.3 is 0 Å². The van der Waals surface area contributed by atoms with E-state index in [1.54, 1.807) is 12.4 Å². The molecule has 4 heterocycles. The van der Waals surface area contributed by atoms with Crippen molar-refractivity contribution in [3.05, 3.63) is 200 Å². The van der Waals surface area contributed by atoms with Crippen molar-refractivity contribution in [3.8, 4) is 62.1 Å². The van der Waals surface area contributed by atoms with E-state index in [0.717, 1.165) is 71.8 Å². The molecule has 60 heavy (non-hydrogen) atoms. The third-order valence-corrected chi connectivity index (χ3v) is 11.6. The highest BCUT2D eigenvalue weighted by molar-refractivity contribution is 6.09. The van der Waals surface area contributed by atoms with E-state index >= 15 is 0 Å². The second-order valence-electron chi connectivity index (χ2n) is 15.1. The van der Waals surface area contributed by atoms with Crippen molar-refractivity contribution in [1.29, 1.82) is 0 Å². The van der Waals surface area contributed by atoms with E-state index in [1.807, 2.05) is 24.3 Å². The van der Waals surface area contributed by atoms with Crippen molar-refractivity contribution in [2.75, 3.05) is 0 Å². The predicted molar refractivity (Wildman–Crippen MR) is 244 cm³/mol. The molecular formula is C54H33N5O. The zero-order valence-corrected chi connectivity index (χ0v) is 32.2. The van der Waals surface area contributed by atoms with Gasteiger partial charge < -0.3 is 8.98 Å². The van der Waals surface area contributed by atoms with Crippen molar-refractivity contribution in [2.24, 2.45) is 0 Å². The van der Waals surface area contributed by atoms with Gasteiger partial charge in [-0.15, -0.1) is 0 Å². The van der Waals surface area contributed by atoms with Crippen molar-refractivity contribution < 1.29 is 4.42 Å². The number of aromatic nitrogens is 5. The Bertz CT molecular complexity index is 3550. The second-order valence-corrected chi connectivity index (χ2v) is 15.1. The maximum absolute atomic E-state index is 6.27. The third-order valence-electron chi connectivity index (χ3n) is 11.6. The second kappa shape index (κ2) is 13.7. The molecule has 0 fully saturated rings. The summed E-state index contributed by atoms with van der Waals surface area (Å²) >= 11 is 0. The Balaban J connectivity index is 1.01. The van der Waals surface area contributed by atoms with E-state index in [4.69, 9.17) is 19.4 Å². The standard InChI is InChI=1S/C54H33N5O/c1-2-10-34(11-3-1)37-20-18-35-19-21-38(31-40(35)30-37)52-56-53(39-24-27-45-46-28-29-55-33-51(46)60-50(45)32-39)58-54(57-52)47-15-5-4-12-42(47)36-22-25-41(26-23-36)59-48-16-8-6-13-43(48)44-14-7-9-17-49(44)59/h1-33H. The van der Waals surface area contributed by atoms with Gasteiger partial charge in [0.15, 0.2) is 23.1 Å². The number of fused-ring (bicyclic) bond motifs is 7. The first-order valence-electron chi connectivity index (χ1n) is 20.0. The van der Waals surface area contributed by atoms with Crippen molar-refractivity contribution >= 4 is 54.5 Å². The molecule has 0 unspecified atom stereocenters. The van der Waals surface area contributed by atoms with Crippen LogP contribution < -0.4 is 0 Å². The molecule has 12 rings (SSSR count). The molecule has 280 valence electrons. The molecular weight excluding hydrogens is 735 g/mol. The van der Waals surface area contributed by atoms with Gasteiger partial charge in [0.05, 0.1) is 17.2 Å². The van der Waals surface area contributed by atoms with Crippen LogP contribution in [0.4, 0.5) is 0 Å². The minimum Gasteiger partial charge on any atom is -0.454 e. The zero-order chi connectivity index (χ0) is 39.6. The van der Waals surface area contributed by atoms with Crippen LogP contribution in [0, 0.1) is 0 Å². The van der Waals surface area contributed by atoms with Crippen LogP contribution in [0.5, 0.6) is 0 Å². The average Bonchev–Trinajstić information content (AvgIpc) is 3.87. The van der Waals surface area contributed by atoms with Crippen LogP contribution in [-0.2, 0) is 0 Å². The fourth-order valence-electron chi connectivity index (χ4n) is 8.64. The molecule has 0 aliphatic rings. The van der Waals surface area contributed by atoms with Gasteiger partial charge in [0.25, 0.3) is 0 Å². The summed E-state index contributed by atoms with van der Waals surface area (Å²) in [6, 6.07) is 65.9. The Morgan fingerprint density at radius 1 is 0.367 bits per heavy atom. The van der Waals surface area contributed by atoms with Crippen LogP contribution >= 0.6 is 0 Å². The van der Waals surface area contributed by atoms with E-state index in [2.05, 4.69) is 173 Å². The Hall–Kier alpha value is -8.22. The maximum atomic E-state index is 6.27. The first kappa shape index (κ1) is 33.9. The average molecular weight is 768 g/mol. The molecule has 0 N–H and O–H groups in total. The lowest BCUT2D eigenvalue weighted by Crippen LogP contribution is -2.01. The molecule has 0 aliphatic heterocycles. The van der Waals surface area contributed by atoms with E-state index in [-0.39, 0.29) is 0 Å². The maximum Gasteiger partial charge on any atom is 0.164 e. The number of nitrogens with zero attached hydrogens (tertiary/aromatic N) is 5. The summed E-state index contributed by atoms with van der Waals surface area (Å²) in [5.41, 5.74) is 12.0. The Kier molecular flexibility index (Phi) is 7.74. The summed E-state index contributed by atoms with van der Waals surface area (Å²) in [5, 5.41) is 6.77. The number of hydrogen-bond acceptors (Lipinski definition) is 5. The van der Waals surface area contributed by atoms with Gasteiger partial charge in [-0.1, -0.05) is 133 Å². The van der Waals surface area contributed by atoms with Gasteiger partial charge in [0.2, 0.25) is 0 Å². The molecule has 8 aromatic carbocycles. The summed E-state index contributed by atoms with van der Waals surface area (Å²) in [5.74, 6) is 1.74. The number of pyridine rings is 1. The summed E-state index contributed by atoms with van der Waals surface area (Å²) in [6.45, 7) is 0. The van der Waals surface area contributed by atoms with Gasteiger partial charge in [-0.2, -0.15) is 0 Å². The molecule has 0 atom stereocenters. The quantitative estimate of drug-likeness (QED) is 0.168. The van der Waals surface area contributed by atoms with Gasteiger partial charge in [-0.05, 0) is 87.6 Å². The van der Waals surface area contributed by atoms with Crippen LogP contribution in [0.2, 0.25) is 0 Å². The normalized spacial score (nSPS) is 11.7. The van der Waals surface area contributed by atoms with E-state index in [9.17, 15) is 0 Å². The lowest BCUT2D eigenvalue weighted by molar-refractivity contribution is 0.667. The number of hydrogen-bond donors (Lipinski definition) is 0. The van der Waals surface area contributed by atoms with Gasteiger partial charge in [-0.3, -0.25) is 4.98 Å². The van der Waals surface area contributed by atoms with Gasteiger partial charge in [0, 0.05) is 50.1 Å². The molecule has 0 bridgehead atoms. The van der Waals surface area contributed by atoms with E-state index in [0.29, 0.717) is 17.5 Å². The minimum absolute atomic E-state index is 0.560. The Morgan fingerprint density at radius 3 is 1.72 bits per heavy atom. The van der Waals surface area contributed by atoms with Crippen molar-refractivity contribution in [1.82, 2.24) is 24.5 Å². The summed E-state index contributed by atoms with van der Waals surface area (Å²) in [7, 11) is 0. The van der Waals surface area contributed by atoms with Crippen molar-refractivity contribution in [2.45, 2.75) is 0 Å². The smallest absolute Gasteiger partial charge is 0.164 e. The number of furan rings is 1. The largest absolute Gasteiger partial charge is 0.454 e. The monoisotopic (exact) mass is 767 g/mol. The van der Waals surface area contributed by atoms with Crippen LogP contribution in [0.1, 0.15) is 0 Å². The summed E-state index contributed by atoms with van der Waals surface area (Å²) < 4.78 is 8.61. The topological polar surface area (TPSA) is 69.6 Å². The number of para-hydroxylation sites is 2. The molecule has 0 saturated heterocycles. The SMILES string of the molecule is c1ccc(-c2ccc3ccc(-c4nc(-c5ccc6c(c5)oc5cnccc56)nc(-c5ccccc5-c5ccc(-n6c7ccccc7c7ccccc76)cc5)n4)cc3c2)cc1. The van der Waals surface area contributed by atoms with Crippen molar-refractivity contribution in [3.63, 3.8) is 0 Å². The lowest BCUT2D eigenvalue weighted by atomic mass is 9.98. The van der Waals surface area contributed by atoms with Gasteiger partial charge in [-0.25, -0.2) is 15.0 Å². The van der Waals surface area contributed by atoms with Crippen LogP contribution in [0.15, 0.2) is 205 Å². The molecule has 6 nitrogen and oxygen atoms in total. The van der Waals surface area contributed by atoms with Crippen LogP contribution in [0.25, 0.3) is 117 Å². The number of rotatable bonds is 6. The molecule has 0 aliphatic carbocycles. The fraction of sp³-hybridized carbons (Fsp3) is 0. The van der Waals surface area contributed by atoms with Crippen LogP contribution in [0.3, 0.4) is 0 Å². The summed E-state index contributed by atoms with van der Waals surface area (Å²) in [4.78, 5) is 19.9. The zero-order valence-electron chi connectivity index (χ0n) is 32.2. The summed E-state index contributed by atoms with van der Waals surface area (Å²) in [6.07, 6.45) is 3.54. The third kappa shape index (κ3) is 5.65. The highest BCUT2D eigenvalue weighted by Gasteiger charge is 2.18. The first-order chi connectivity index (χ1) is 29.7.